The van der Waals surface area contributed by atoms with Crippen LogP contribution in [0.1, 0.15) is 39.5 Å². The topological polar surface area (TPSA) is 20.2 Å². The van der Waals surface area contributed by atoms with Crippen LogP contribution < -0.4 is 0 Å². The largest absolute Gasteiger partial charge is 0.426 e. The lowest BCUT2D eigenvalue weighted by molar-refractivity contribution is -0.373. The summed E-state index contributed by atoms with van der Waals surface area (Å²) in [6.45, 7) is 3.65. The molecule has 2 fully saturated rings. The van der Waals surface area contributed by atoms with Gasteiger partial charge in [-0.3, -0.25) is 0 Å². The Hall–Kier alpha value is -0.460. The van der Waals surface area contributed by atoms with Gasteiger partial charge in [0.1, 0.15) is 0 Å². The molecular weight excluding hydrogens is 286 g/mol. The zero-order valence-corrected chi connectivity index (χ0v) is 11.3. The molecule has 0 bridgehead atoms. The van der Waals surface area contributed by atoms with Gasteiger partial charge in [0, 0.05) is 0 Å². The first-order valence-corrected chi connectivity index (χ1v) is 6.68. The predicted molar refractivity (Wildman–Crippen MR) is 59.8 cm³/mol. The molecule has 4 atom stereocenters. The first-order valence-electron chi connectivity index (χ1n) is 6.68. The molecule has 2 aliphatic carbocycles. The lowest BCUT2D eigenvalue weighted by atomic mass is 9.83. The average Bonchev–Trinajstić information content (AvgIpc) is 2.71. The molecule has 0 saturated heterocycles. The van der Waals surface area contributed by atoms with Gasteiger partial charge < -0.3 is 5.11 Å². The van der Waals surface area contributed by atoms with Gasteiger partial charge in [0.05, 0.1) is 0 Å². The summed E-state index contributed by atoms with van der Waals surface area (Å²) in [6.07, 6.45) is -10.8. The van der Waals surface area contributed by atoms with Gasteiger partial charge in [-0.05, 0) is 48.9 Å². The molecule has 20 heavy (non-hydrogen) atoms. The fourth-order valence-corrected chi connectivity index (χ4v) is 3.78. The standard InChI is InChI=1S/C13H18F6O/c1-7-3-10(4-8(10)2)5-9(7)6-11(20,12(14,15)16)13(17,18)19/h7-9,20H,3-6H2,1-2H3. The molecule has 1 nitrogen and oxygen atoms in total. The van der Waals surface area contributed by atoms with Crippen molar-refractivity contribution < 1.29 is 31.4 Å². The van der Waals surface area contributed by atoms with Crippen molar-refractivity contribution in [1.29, 1.82) is 0 Å². The highest BCUT2D eigenvalue weighted by Gasteiger charge is 2.71. The Labute approximate surface area is 113 Å². The van der Waals surface area contributed by atoms with Gasteiger partial charge in [0.2, 0.25) is 0 Å². The smallest absolute Gasteiger partial charge is 0.374 e. The number of halogens is 6. The van der Waals surface area contributed by atoms with Crippen molar-refractivity contribution in [3.05, 3.63) is 0 Å². The first-order chi connectivity index (χ1) is 8.82. The highest BCUT2D eigenvalue weighted by atomic mass is 19.4. The second kappa shape index (κ2) is 4.27. The van der Waals surface area contributed by atoms with Gasteiger partial charge >= 0.3 is 12.4 Å². The van der Waals surface area contributed by atoms with E-state index in [1.165, 1.54) is 0 Å². The Morgan fingerprint density at radius 3 is 1.70 bits per heavy atom. The van der Waals surface area contributed by atoms with E-state index in [4.69, 9.17) is 0 Å². The van der Waals surface area contributed by atoms with Gasteiger partial charge in [0.15, 0.2) is 0 Å². The van der Waals surface area contributed by atoms with Crippen LogP contribution in [-0.2, 0) is 0 Å². The zero-order chi connectivity index (χ0) is 15.6. The minimum absolute atomic E-state index is 0.0812. The molecule has 0 heterocycles. The van der Waals surface area contributed by atoms with Crippen molar-refractivity contribution in [3.63, 3.8) is 0 Å². The summed E-state index contributed by atoms with van der Waals surface area (Å²) in [7, 11) is 0. The van der Waals surface area contributed by atoms with Crippen molar-refractivity contribution in [2.75, 3.05) is 0 Å². The van der Waals surface area contributed by atoms with Crippen LogP contribution in [0.5, 0.6) is 0 Å². The van der Waals surface area contributed by atoms with Gasteiger partial charge in [-0.1, -0.05) is 13.8 Å². The molecule has 2 rings (SSSR count). The van der Waals surface area contributed by atoms with Gasteiger partial charge in [-0.2, -0.15) is 26.3 Å². The zero-order valence-electron chi connectivity index (χ0n) is 11.3. The van der Waals surface area contributed by atoms with Gasteiger partial charge in [-0.25, -0.2) is 0 Å². The molecule has 0 radical (unpaired) electrons. The third-order valence-corrected chi connectivity index (χ3v) is 5.30. The molecule has 0 aromatic heterocycles. The van der Waals surface area contributed by atoms with E-state index in [2.05, 4.69) is 0 Å². The summed E-state index contributed by atoms with van der Waals surface area (Å²) in [5.74, 6) is -0.607. The molecule has 2 saturated carbocycles. The van der Waals surface area contributed by atoms with Crippen LogP contribution in [0.15, 0.2) is 0 Å². The Morgan fingerprint density at radius 2 is 1.40 bits per heavy atom. The van der Waals surface area contributed by atoms with E-state index in [1.54, 1.807) is 6.92 Å². The minimum atomic E-state index is -5.70. The summed E-state index contributed by atoms with van der Waals surface area (Å²) in [5, 5.41) is 9.27. The average molecular weight is 304 g/mol. The first kappa shape index (κ1) is 15.9. The van der Waals surface area contributed by atoms with Crippen LogP contribution in [0, 0.1) is 23.2 Å². The number of aliphatic hydroxyl groups is 1. The van der Waals surface area contributed by atoms with E-state index in [1.807, 2.05) is 6.92 Å². The molecule has 7 heteroatoms. The third-order valence-electron chi connectivity index (χ3n) is 5.30. The number of hydrogen-bond acceptors (Lipinski definition) is 1. The lowest BCUT2D eigenvalue weighted by Gasteiger charge is -2.35. The van der Waals surface area contributed by atoms with E-state index in [-0.39, 0.29) is 11.3 Å². The van der Waals surface area contributed by atoms with Crippen molar-refractivity contribution >= 4 is 0 Å². The Morgan fingerprint density at radius 1 is 0.950 bits per heavy atom. The highest BCUT2D eigenvalue weighted by molar-refractivity contribution is 5.08. The molecule has 1 N–H and O–H groups in total. The van der Waals surface area contributed by atoms with Crippen LogP contribution in [-0.4, -0.2) is 23.1 Å². The fraction of sp³-hybridized carbons (Fsp3) is 1.00. The number of rotatable bonds is 2. The molecule has 1 spiro atoms. The molecule has 0 aromatic carbocycles. The maximum atomic E-state index is 12.7. The molecular formula is C13H18F6O. The molecule has 118 valence electrons. The van der Waals surface area contributed by atoms with Crippen LogP contribution in [0.3, 0.4) is 0 Å². The molecule has 0 amide bonds. The van der Waals surface area contributed by atoms with Crippen LogP contribution in [0.2, 0.25) is 0 Å². The van der Waals surface area contributed by atoms with E-state index < -0.39 is 30.3 Å². The van der Waals surface area contributed by atoms with Crippen LogP contribution in [0.4, 0.5) is 26.3 Å². The summed E-state index contributed by atoms with van der Waals surface area (Å²) in [4.78, 5) is 0. The minimum Gasteiger partial charge on any atom is -0.374 e. The molecule has 2 aliphatic rings. The Balaban J connectivity index is 2.18. The maximum Gasteiger partial charge on any atom is 0.426 e. The van der Waals surface area contributed by atoms with Crippen molar-refractivity contribution in [3.8, 4) is 0 Å². The highest BCUT2D eigenvalue weighted by Crippen LogP contribution is 2.67. The monoisotopic (exact) mass is 304 g/mol. The summed E-state index contributed by atoms with van der Waals surface area (Å²) in [5.41, 5.74) is -4.68. The maximum absolute atomic E-state index is 12.7. The molecule has 4 unspecified atom stereocenters. The van der Waals surface area contributed by atoms with Crippen molar-refractivity contribution in [2.45, 2.75) is 57.5 Å². The van der Waals surface area contributed by atoms with E-state index >= 15 is 0 Å². The van der Waals surface area contributed by atoms with E-state index in [0.717, 1.165) is 6.42 Å². The van der Waals surface area contributed by atoms with Crippen LogP contribution >= 0.6 is 0 Å². The lowest BCUT2D eigenvalue weighted by Crippen LogP contribution is -2.57. The second-order valence-electron chi connectivity index (χ2n) is 6.67. The molecule has 0 aromatic rings. The van der Waals surface area contributed by atoms with Crippen molar-refractivity contribution in [2.24, 2.45) is 23.2 Å². The summed E-state index contributed by atoms with van der Waals surface area (Å²) in [6, 6.07) is 0. The molecule has 0 aliphatic heterocycles. The number of hydrogen-bond donors (Lipinski definition) is 1. The van der Waals surface area contributed by atoms with Crippen molar-refractivity contribution in [1.82, 2.24) is 0 Å². The Kier molecular flexibility index (Phi) is 3.40. The van der Waals surface area contributed by atoms with Crippen LogP contribution in [0.25, 0.3) is 0 Å². The predicted octanol–water partition coefficient (Wildman–Crippen LogP) is 4.30. The number of alkyl halides is 6. The normalized spacial score (nSPS) is 38.5. The van der Waals surface area contributed by atoms with E-state index in [9.17, 15) is 31.4 Å². The van der Waals surface area contributed by atoms with Gasteiger partial charge in [-0.15, -0.1) is 0 Å². The SMILES string of the molecule is CC1CC2(CC1CC(O)(C(F)(F)F)C(F)(F)F)CC2C. The fourth-order valence-electron chi connectivity index (χ4n) is 3.78. The Bertz CT molecular complexity index is 373. The summed E-state index contributed by atoms with van der Waals surface area (Å²) >= 11 is 0. The van der Waals surface area contributed by atoms with Gasteiger partial charge in [0.25, 0.3) is 5.60 Å². The summed E-state index contributed by atoms with van der Waals surface area (Å²) < 4.78 is 76.2. The second-order valence-corrected chi connectivity index (χ2v) is 6.67. The quantitative estimate of drug-likeness (QED) is 0.754. The third kappa shape index (κ3) is 2.31. The van der Waals surface area contributed by atoms with E-state index in [0.29, 0.717) is 18.8 Å².